The Morgan fingerprint density at radius 3 is 1.16 bits per heavy atom. The van der Waals surface area contributed by atoms with Crippen molar-refractivity contribution in [3.05, 3.63) is 176 Å². The van der Waals surface area contributed by atoms with Gasteiger partial charge in [-0.1, -0.05) is 103 Å². The number of para-hydroxylation sites is 4. The average Bonchev–Trinajstić information content (AvgIpc) is 4.19. The van der Waals surface area contributed by atoms with Gasteiger partial charge in [-0.15, -0.1) is 0 Å². The number of rotatable bonds is 3. The van der Waals surface area contributed by atoms with E-state index in [2.05, 4.69) is 142 Å². The molecule has 9 aromatic carbocycles. The molecule has 0 spiro atoms. The molecule has 16 aromatic rings. The van der Waals surface area contributed by atoms with Gasteiger partial charge in [0.25, 0.3) is 0 Å². The third-order valence-corrected chi connectivity index (χ3v) is 13.8. The summed E-state index contributed by atoms with van der Waals surface area (Å²) in [7, 11) is 0. The molecule has 0 saturated heterocycles. The van der Waals surface area contributed by atoms with Gasteiger partial charge in [0.2, 0.25) is 0 Å². The van der Waals surface area contributed by atoms with Crippen molar-refractivity contribution in [2.24, 2.45) is 0 Å². The Hall–Kier alpha value is -8.81. The zero-order valence-electron chi connectivity index (χ0n) is 33.8. The second kappa shape index (κ2) is 11.6. The number of hydrogen-bond donors (Lipinski definition) is 0. The quantitative estimate of drug-likeness (QED) is 0.178. The molecule has 7 nitrogen and oxygen atoms in total. The Bertz CT molecular complexity index is 4390. The van der Waals surface area contributed by atoms with E-state index in [1.54, 1.807) is 0 Å². The SMILES string of the molecule is c1ccc(-c2nc(-c3ccc4c(c3)c3cccc5c6cc7c(cc6n4c35)oc3ccccc37)nc(-c3ccc4c(c3)c3cccc5c6cc7c(cc6n4c35)oc3ccccc37)n2)cc1. The summed E-state index contributed by atoms with van der Waals surface area (Å²) < 4.78 is 17.6. The van der Waals surface area contributed by atoms with Gasteiger partial charge in [0, 0.05) is 93.5 Å². The highest BCUT2D eigenvalue weighted by molar-refractivity contribution is 6.27. The van der Waals surface area contributed by atoms with Crippen LogP contribution in [0.4, 0.5) is 0 Å². The van der Waals surface area contributed by atoms with Crippen LogP contribution in [-0.4, -0.2) is 23.8 Å². The summed E-state index contributed by atoms with van der Waals surface area (Å²) in [6, 6.07) is 62.2. The van der Waals surface area contributed by atoms with Crippen molar-refractivity contribution >= 4 is 120 Å². The lowest BCUT2D eigenvalue weighted by atomic mass is 10.0. The number of furan rings is 2. The lowest BCUT2D eigenvalue weighted by Crippen LogP contribution is -2.00. The molecule has 0 amide bonds. The van der Waals surface area contributed by atoms with E-state index in [9.17, 15) is 0 Å². The summed E-state index contributed by atoms with van der Waals surface area (Å²) in [5.41, 5.74) is 13.3. The molecule has 0 atom stereocenters. The standard InChI is InChI=1S/C57H29N5O2/c1-2-10-30(11-3-1)55-58-56(31-20-22-45-39(24-31)35-14-8-16-37-41-26-43-33-12-4-6-18-49(33)63-51(43)28-47(41)61(45)53(35)37)60-57(59-55)32-21-23-46-40(25-32)36-15-9-17-38-42-27-44-34-13-5-7-19-50(34)64-52(44)29-48(42)62(46)54(36)38/h1-29H. The monoisotopic (exact) mass is 815 g/mol. The van der Waals surface area contributed by atoms with Crippen molar-refractivity contribution in [2.45, 2.75) is 0 Å². The maximum absolute atomic E-state index is 6.38. The van der Waals surface area contributed by atoms with Crippen molar-refractivity contribution in [3.8, 4) is 34.2 Å². The van der Waals surface area contributed by atoms with Crippen LogP contribution in [0.25, 0.3) is 154 Å². The number of fused-ring (bicyclic) bond motifs is 18. The van der Waals surface area contributed by atoms with Gasteiger partial charge in [0.05, 0.1) is 33.1 Å². The van der Waals surface area contributed by atoms with Gasteiger partial charge in [-0.3, -0.25) is 0 Å². The first-order chi connectivity index (χ1) is 31.7. The molecule has 294 valence electrons. The van der Waals surface area contributed by atoms with Gasteiger partial charge in [-0.05, 0) is 60.7 Å². The third kappa shape index (κ3) is 4.13. The van der Waals surface area contributed by atoms with E-state index in [1.165, 1.54) is 43.4 Å². The Morgan fingerprint density at radius 1 is 0.266 bits per heavy atom. The minimum absolute atomic E-state index is 0.624. The molecule has 16 rings (SSSR count). The van der Waals surface area contributed by atoms with Gasteiger partial charge in [-0.25, -0.2) is 15.0 Å². The van der Waals surface area contributed by atoms with Crippen molar-refractivity contribution in [3.63, 3.8) is 0 Å². The van der Waals surface area contributed by atoms with E-state index in [-0.39, 0.29) is 0 Å². The largest absolute Gasteiger partial charge is 0.456 e. The number of nitrogens with zero attached hydrogens (tertiary/aromatic N) is 5. The fourth-order valence-electron chi connectivity index (χ4n) is 11.0. The molecule has 0 unspecified atom stereocenters. The number of aromatic nitrogens is 5. The zero-order chi connectivity index (χ0) is 41.4. The van der Waals surface area contributed by atoms with E-state index in [4.69, 9.17) is 23.8 Å². The molecule has 7 aromatic heterocycles. The minimum atomic E-state index is 0.624. The molecule has 0 aliphatic carbocycles. The molecule has 0 fully saturated rings. The summed E-state index contributed by atoms with van der Waals surface area (Å²) >= 11 is 0. The van der Waals surface area contributed by atoms with Crippen LogP contribution in [0.2, 0.25) is 0 Å². The summed E-state index contributed by atoms with van der Waals surface area (Å²) in [4.78, 5) is 15.6. The van der Waals surface area contributed by atoms with Crippen LogP contribution in [0, 0.1) is 0 Å². The van der Waals surface area contributed by atoms with Crippen LogP contribution >= 0.6 is 0 Å². The maximum Gasteiger partial charge on any atom is 0.164 e. The first-order valence-electron chi connectivity index (χ1n) is 21.6. The van der Waals surface area contributed by atoms with E-state index >= 15 is 0 Å². The Morgan fingerprint density at radius 2 is 0.672 bits per heavy atom. The Kier molecular flexibility index (Phi) is 5.94. The normalized spacial score (nSPS) is 12.7. The topological polar surface area (TPSA) is 73.8 Å². The molecule has 0 aliphatic heterocycles. The van der Waals surface area contributed by atoms with Crippen LogP contribution < -0.4 is 0 Å². The first kappa shape index (κ1) is 32.9. The van der Waals surface area contributed by atoms with Gasteiger partial charge in [-0.2, -0.15) is 0 Å². The predicted octanol–water partition coefficient (Wildman–Crippen LogP) is 15.0. The zero-order valence-corrected chi connectivity index (χ0v) is 33.8. The summed E-state index contributed by atoms with van der Waals surface area (Å²) in [5, 5.41) is 14.1. The summed E-state index contributed by atoms with van der Waals surface area (Å²) in [5.74, 6) is 1.88. The third-order valence-electron chi connectivity index (χ3n) is 13.8. The van der Waals surface area contributed by atoms with Crippen molar-refractivity contribution in [2.75, 3.05) is 0 Å². The van der Waals surface area contributed by atoms with Gasteiger partial charge < -0.3 is 17.6 Å². The second-order valence-corrected chi connectivity index (χ2v) is 17.1. The van der Waals surface area contributed by atoms with Crippen LogP contribution in [0.3, 0.4) is 0 Å². The minimum Gasteiger partial charge on any atom is -0.456 e. The van der Waals surface area contributed by atoms with E-state index < -0.39 is 0 Å². The van der Waals surface area contributed by atoms with Crippen molar-refractivity contribution in [1.82, 2.24) is 23.8 Å². The van der Waals surface area contributed by atoms with Crippen LogP contribution in [0.5, 0.6) is 0 Å². The van der Waals surface area contributed by atoms with Crippen molar-refractivity contribution < 1.29 is 8.83 Å². The molecular formula is C57H29N5O2. The van der Waals surface area contributed by atoms with Crippen LogP contribution in [0.15, 0.2) is 185 Å². The Balaban J connectivity index is 0.894. The predicted molar refractivity (Wildman–Crippen MR) is 260 cm³/mol. The molecule has 7 heteroatoms. The van der Waals surface area contributed by atoms with Gasteiger partial charge in [0.15, 0.2) is 17.5 Å². The molecule has 64 heavy (non-hydrogen) atoms. The smallest absolute Gasteiger partial charge is 0.164 e. The van der Waals surface area contributed by atoms with Crippen LogP contribution in [-0.2, 0) is 0 Å². The lowest BCUT2D eigenvalue weighted by molar-refractivity contribution is 0.669. The van der Waals surface area contributed by atoms with E-state index in [0.717, 1.165) is 93.4 Å². The van der Waals surface area contributed by atoms with Crippen molar-refractivity contribution in [1.29, 1.82) is 0 Å². The number of hydrogen-bond acceptors (Lipinski definition) is 5. The van der Waals surface area contributed by atoms with E-state index in [0.29, 0.717) is 17.5 Å². The maximum atomic E-state index is 6.38. The van der Waals surface area contributed by atoms with Gasteiger partial charge >= 0.3 is 0 Å². The van der Waals surface area contributed by atoms with Gasteiger partial charge in [0.1, 0.15) is 22.3 Å². The molecule has 0 bridgehead atoms. The van der Waals surface area contributed by atoms with Crippen LogP contribution in [0.1, 0.15) is 0 Å². The highest BCUT2D eigenvalue weighted by Crippen LogP contribution is 2.45. The average molecular weight is 816 g/mol. The Labute approximate surface area is 361 Å². The van der Waals surface area contributed by atoms with E-state index in [1.807, 2.05) is 42.5 Å². The highest BCUT2D eigenvalue weighted by Gasteiger charge is 2.23. The molecule has 0 radical (unpaired) electrons. The molecule has 0 aliphatic rings. The fraction of sp³-hybridized carbons (Fsp3) is 0. The fourth-order valence-corrected chi connectivity index (χ4v) is 11.0. The molecule has 7 heterocycles. The second-order valence-electron chi connectivity index (χ2n) is 17.1. The molecular weight excluding hydrogens is 787 g/mol. The highest BCUT2D eigenvalue weighted by atomic mass is 16.3. The summed E-state index contributed by atoms with van der Waals surface area (Å²) in [6.07, 6.45) is 0. The number of benzene rings is 9. The molecule has 0 N–H and O–H groups in total. The molecule has 0 saturated carbocycles. The lowest BCUT2D eigenvalue weighted by Gasteiger charge is -2.09. The first-order valence-corrected chi connectivity index (χ1v) is 21.6. The summed E-state index contributed by atoms with van der Waals surface area (Å²) in [6.45, 7) is 0.